The molecule has 1 aliphatic carbocycles. The van der Waals surface area contributed by atoms with Gasteiger partial charge in [-0.05, 0) is 38.7 Å². The van der Waals surface area contributed by atoms with E-state index in [2.05, 4.69) is 10.4 Å². The molecule has 0 saturated heterocycles. The molecule has 0 aromatic carbocycles. The Morgan fingerprint density at radius 1 is 1.55 bits per heavy atom. The number of carbonyl (C=O) groups excluding carboxylic acids is 1. The van der Waals surface area contributed by atoms with Crippen LogP contribution in [0.3, 0.4) is 0 Å². The maximum Gasteiger partial charge on any atom is 0.397 e. The van der Waals surface area contributed by atoms with Crippen LogP contribution in [0.1, 0.15) is 56.5 Å². The van der Waals surface area contributed by atoms with E-state index in [0.29, 0.717) is 12.1 Å². The van der Waals surface area contributed by atoms with Crippen molar-refractivity contribution in [2.45, 2.75) is 57.8 Å². The van der Waals surface area contributed by atoms with Gasteiger partial charge in [0.2, 0.25) is 5.91 Å². The number of hydrogen-bond acceptors (Lipinski definition) is 2. The first-order valence-corrected chi connectivity index (χ1v) is 6.70. The van der Waals surface area contributed by atoms with Crippen LogP contribution in [0.2, 0.25) is 0 Å². The number of aryl methyl sites for hydroxylation is 1. The van der Waals surface area contributed by atoms with E-state index in [9.17, 15) is 18.0 Å². The Balaban J connectivity index is 2.10. The van der Waals surface area contributed by atoms with Crippen molar-refractivity contribution < 1.29 is 18.0 Å². The van der Waals surface area contributed by atoms with Crippen LogP contribution in [0.4, 0.5) is 13.2 Å². The van der Waals surface area contributed by atoms with Crippen LogP contribution < -0.4 is 5.32 Å². The minimum absolute atomic E-state index is 0.187. The minimum atomic E-state index is -4.47. The minimum Gasteiger partial charge on any atom is -0.347 e. The number of amides is 1. The molecule has 20 heavy (non-hydrogen) atoms. The van der Waals surface area contributed by atoms with E-state index in [-0.39, 0.29) is 6.04 Å². The van der Waals surface area contributed by atoms with E-state index in [1.807, 2.05) is 20.0 Å². The van der Waals surface area contributed by atoms with Crippen LogP contribution in [-0.4, -0.2) is 21.9 Å². The molecule has 1 heterocycles. The molecule has 0 aliphatic heterocycles. The first-order chi connectivity index (χ1) is 9.26. The number of nitrogens with zero attached hydrogens (tertiary/aromatic N) is 2. The predicted octanol–water partition coefficient (Wildman–Crippen LogP) is 2.91. The lowest BCUT2D eigenvalue weighted by molar-refractivity contribution is -0.154. The van der Waals surface area contributed by atoms with Gasteiger partial charge in [-0.1, -0.05) is 0 Å². The Morgan fingerprint density at radius 2 is 2.25 bits per heavy atom. The Morgan fingerprint density at radius 3 is 2.85 bits per heavy atom. The zero-order valence-electron chi connectivity index (χ0n) is 11.5. The van der Waals surface area contributed by atoms with E-state index < -0.39 is 24.5 Å². The largest absolute Gasteiger partial charge is 0.397 e. The third-order valence-electron chi connectivity index (χ3n) is 3.33. The van der Waals surface area contributed by atoms with Crippen LogP contribution in [0.25, 0.3) is 0 Å². The molecular formula is C13H18F3N3O. The summed E-state index contributed by atoms with van der Waals surface area (Å²) in [4.78, 5) is 11.4. The second-order valence-electron chi connectivity index (χ2n) is 5.42. The number of nitrogens with one attached hydrogen (secondary N) is 1. The zero-order chi connectivity index (χ0) is 14.9. The van der Waals surface area contributed by atoms with Crippen LogP contribution in [0.5, 0.6) is 0 Å². The molecule has 0 spiro atoms. The smallest absolute Gasteiger partial charge is 0.347 e. The molecule has 1 amide bonds. The van der Waals surface area contributed by atoms with Gasteiger partial charge in [0, 0.05) is 12.2 Å². The number of hydrogen-bond donors (Lipinski definition) is 1. The van der Waals surface area contributed by atoms with Gasteiger partial charge in [-0.3, -0.25) is 9.48 Å². The highest BCUT2D eigenvalue weighted by molar-refractivity contribution is 5.77. The van der Waals surface area contributed by atoms with E-state index in [4.69, 9.17) is 0 Å². The normalized spacial score (nSPS) is 19.0. The third-order valence-corrected chi connectivity index (χ3v) is 3.33. The number of fused-ring (bicyclic) bond motifs is 1. The molecule has 1 N–H and O–H groups in total. The van der Waals surface area contributed by atoms with Crippen molar-refractivity contribution in [3.63, 3.8) is 0 Å². The molecule has 1 aromatic heterocycles. The molecule has 1 aliphatic rings. The van der Waals surface area contributed by atoms with Gasteiger partial charge in [-0.15, -0.1) is 0 Å². The van der Waals surface area contributed by atoms with Crippen LogP contribution in [0, 0.1) is 0 Å². The fourth-order valence-electron chi connectivity index (χ4n) is 2.40. The Bertz CT molecular complexity index is 494. The quantitative estimate of drug-likeness (QED) is 0.930. The van der Waals surface area contributed by atoms with Gasteiger partial charge in [-0.2, -0.15) is 18.3 Å². The molecule has 1 unspecified atom stereocenters. The van der Waals surface area contributed by atoms with E-state index >= 15 is 0 Å². The molecule has 7 heteroatoms. The van der Waals surface area contributed by atoms with Crippen LogP contribution in [0.15, 0.2) is 6.20 Å². The van der Waals surface area contributed by atoms with Crippen LogP contribution in [-0.2, 0) is 11.2 Å². The highest BCUT2D eigenvalue weighted by Gasteiger charge is 2.33. The summed E-state index contributed by atoms with van der Waals surface area (Å²) in [7, 11) is 0. The summed E-state index contributed by atoms with van der Waals surface area (Å²) in [6.45, 7) is 3.96. The lowest BCUT2D eigenvalue weighted by Crippen LogP contribution is -2.33. The summed E-state index contributed by atoms with van der Waals surface area (Å²) >= 11 is 0. The Kier molecular flexibility index (Phi) is 4.06. The summed E-state index contributed by atoms with van der Waals surface area (Å²) in [5.41, 5.74) is 1.72. The summed E-state index contributed by atoms with van der Waals surface area (Å²) in [6, 6.07) is -0.222. The van der Waals surface area contributed by atoms with Crippen LogP contribution >= 0.6 is 0 Å². The van der Waals surface area contributed by atoms with Crippen molar-refractivity contribution in [2.24, 2.45) is 0 Å². The number of rotatable bonds is 3. The van der Waals surface area contributed by atoms with Crippen molar-refractivity contribution in [3.8, 4) is 0 Å². The summed E-state index contributed by atoms with van der Waals surface area (Å²) in [6.07, 6.45) is -1.67. The first-order valence-electron chi connectivity index (χ1n) is 6.70. The van der Waals surface area contributed by atoms with Crippen molar-refractivity contribution in [2.75, 3.05) is 0 Å². The fourth-order valence-corrected chi connectivity index (χ4v) is 2.40. The average Bonchev–Trinajstić information content (AvgIpc) is 2.71. The van der Waals surface area contributed by atoms with Crippen molar-refractivity contribution in [1.29, 1.82) is 0 Å². The number of carbonyl (C=O) groups is 1. The summed E-state index contributed by atoms with van der Waals surface area (Å²) in [5.74, 6) is -0.991. The van der Waals surface area contributed by atoms with Gasteiger partial charge in [0.05, 0.1) is 11.7 Å². The lowest BCUT2D eigenvalue weighted by atomic mass is 9.93. The van der Waals surface area contributed by atoms with Crippen molar-refractivity contribution >= 4 is 5.91 Å². The number of alkyl halides is 3. The molecule has 0 fully saturated rings. The molecule has 1 aromatic rings. The fraction of sp³-hybridized carbons (Fsp3) is 0.692. The van der Waals surface area contributed by atoms with E-state index in [1.165, 1.54) is 0 Å². The van der Waals surface area contributed by atoms with Gasteiger partial charge in [0.25, 0.3) is 0 Å². The SMILES string of the molecule is CC(C)n1cc2c(n1)C(NC(=O)CC(F)(F)F)CCC2. The topological polar surface area (TPSA) is 46.9 Å². The Labute approximate surface area is 115 Å². The third kappa shape index (κ3) is 3.52. The molecule has 0 radical (unpaired) electrons. The van der Waals surface area contributed by atoms with Gasteiger partial charge in [0.1, 0.15) is 6.42 Å². The summed E-state index contributed by atoms with van der Waals surface area (Å²) in [5, 5.41) is 6.85. The predicted molar refractivity (Wildman–Crippen MR) is 67.1 cm³/mol. The second-order valence-corrected chi connectivity index (χ2v) is 5.42. The molecule has 2 rings (SSSR count). The van der Waals surface area contributed by atoms with Gasteiger partial charge < -0.3 is 5.32 Å². The second kappa shape index (κ2) is 5.46. The number of halogens is 3. The average molecular weight is 289 g/mol. The van der Waals surface area contributed by atoms with Gasteiger partial charge in [0.15, 0.2) is 0 Å². The monoisotopic (exact) mass is 289 g/mol. The zero-order valence-corrected chi connectivity index (χ0v) is 11.5. The van der Waals surface area contributed by atoms with E-state index in [0.717, 1.165) is 18.4 Å². The van der Waals surface area contributed by atoms with Gasteiger partial charge in [-0.25, -0.2) is 0 Å². The summed E-state index contributed by atoms with van der Waals surface area (Å²) < 4.78 is 38.3. The van der Waals surface area contributed by atoms with Crippen molar-refractivity contribution in [1.82, 2.24) is 15.1 Å². The number of aromatic nitrogens is 2. The lowest BCUT2D eigenvalue weighted by Gasteiger charge is -2.22. The standard InChI is InChI=1S/C13H18F3N3O/c1-8(2)19-7-9-4-3-5-10(12(9)18-19)17-11(20)6-13(14,15)16/h7-8,10H,3-6H2,1-2H3,(H,17,20). The maximum absolute atomic E-state index is 12.2. The molecule has 4 nitrogen and oxygen atoms in total. The maximum atomic E-state index is 12.2. The van der Waals surface area contributed by atoms with E-state index in [1.54, 1.807) is 4.68 Å². The molecule has 0 saturated carbocycles. The van der Waals surface area contributed by atoms with Crippen molar-refractivity contribution in [3.05, 3.63) is 17.5 Å². The first kappa shape index (κ1) is 14.9. The molecular weight excluding hydrogens is 271 g/mol. The molecule has 112 valence electrons. The highest BCUT2D eigenvalue weighted by atomic mass is 19.4. The molecule has 1 atom stereocenters. The molecule has 0 bridgehead atoms. The highest BCUT2D eigenvalue weighted by Crippen LogP contribution is 2.30. The Hall–Kier alpha value is -1.53. The van der Waals surface area contributed by atoms with Gasteiger partial charge >= 0.3 is 6.18 Å².